The Morgan fingerprint density at radius 2 is 1.59 bits per heavy atom. The van der Waals surface area contributed by atoms with E-state index in [-0.39, 0.29) is 0 Å². The van der Waals surface area contributed by atoms with Gasteiger partial charge in [-0.3, -0.25) is 0 Å². The Morgan fingerprint density at radius 3 is 2.32 bits per heavy atom. The predicted octanol–water partition coefficient (Wildman–Crippen LogP) is 4.17. The molecule has 2 aromatic carbocycles. The van der Waals surface area contributed by atoms with E-state index in [0.29, 0.717) is 0 Å². The molecule has 1 aromatic heterocycles. The number of nitrogens with zero attached hydrogens (tertiary/aromatic N) is 2. The Balaban J connectivity index is 2.30. The highest BCUT2D eigenvalue weighted by Crippen LogP contribution is 2.32. The third-order valence-electron chi connectivity index (χ3n) is 4.12. The van der Waals surface area contributed by atoms with E-state index < -0.39 is 0 Å². The minimum atomic E-state index is 1.18. The molecule has 0 bridgehead atoms. The lowest BCUT2D eigenvalue weighted by Gasteiger charge is -2.13. The van der Waals surface area contributed by atoms with Crippen LogP contribution in [0.5, 0.6) is 0 Å². The van der Waals surface area contributed by atoms with Gasteiger partial charge in [0.1, 0.15) is 5.69 Å². The highest BCUT2D eigenvalue weighted by atomic mass is 15.0. The summed E-state index contributed by atoms with van der Waals surface area (Å²) in [6, 6.07) is 15.1. The van der Waals surface area contributed by atoms with Gasteiger partial charge >= 0.3 is 0 Å². The first-order valence-electron chi connectivity index (χ1n) is 7.55. The standard InChI is InChI=1S/C20H21N2/c1-14-9-10-17(16(3)11-14)19-12-21-13-22(4)20(19)18-8-6-5-7-15(18)2/h5-13H,1-4H3/q+1. The van der Waals surface area contributed by atoms with Crippen LogP contribution in [-0.2, 0) is 7.05 Å². The lowest BCUT2D eigenvalue weighted by molar-refractivity contribution is -0.663. The van der Waals surface area contributed by atoms with Gasteiger partial charge in [0, 0.05) is 5.56 Å². The highest BCUT2D eigenvalue weighted by Gasteiger charge is 2.18. The van der Waals surface area contributed by atoms with Crippen LogP contribution in [0.3, 0.4) is 0 Å². The largest absolute Gasteiger partial charge is 0.286 e. The van der Waals surface area contributed by atoms with E-state index >= 15 is 0 Å². The zero-order valence-corrected chi connectivity index (χ0v) is 13.6. The number of hydrogen-bond donors (Lipinski definition) is 0. The molecule has 0 saturated carbocycles. The monoisotopic (exact) mass is 289 g/mol. The van der Waals surface area contributed by atoms with Crippen molar-refractivity contribution in [1.82, 2.24) is 4.98 Å². The number of aryl methyl sites for hydroxylation is 4. The first-order chi connectivity index (χ1) is 10.6. The lowest BCUT2D eigenvalue weighted by atomic mass is 9.94. The van der Waals surface area contributed by atoms with E-state index in [1.54, 1.807) is 0 Å². The molecule has 0 amide bonds. The SMILES string of the molecule is Cc1ccc(-c2cnc[n+](C)c2-c2ccccc2C)c(C)c1. The number of rotatable bonds is 2. The summed E-state index contributed by atoms with van der Waals surface area (Å²) in [7, 11) is 2.06. The van der Waals surface area contributed by atoms with Crippen molar-refractivity contribution in [3.63, 3.8) is 0 Å². The second-order valence-corrected chi connectivity index (χ2v) is 5.90. The Bertz CT molecular complexity index is 835. The summed E-state index contributed by atoms with van der Waals surface area (Å²) in [4.78, 5) is 4.40. The Labute approximate surface area is 132 Å². The molecule has 0 fully saturated rings. The molecule has 0 atom stereocenters. The van der Waals surface area contributed by atoms with E-state index in [0.717, 1.165) is 0 Å². The molecule has 0 aliphatic carbocycles. The molecular formula is C20H21N2+. The van der Waals surface area contributed by atoms with Gasteiger partial charge in [-0.05, 0) is 37.5 Å². The molecule has 0 spiro atoms. The van der Waals surface area contributed by atoms with Gasteiger partial charge in [-0.15, -0.1) is 0 Å². The van der Waals surface area contributed by atoms with Crippen molar-refractivity contribution in [1.29, 1.82) is 0 Å². The molecule has 0 saturated heterocycles. The van der Waals surface area contributed by atoms with Crippen LogP contribution in [0.4, 0.5) is 0 Å². The molecular weight excluding hydrogens is 268 g/mol. The molecule has 0 N–H and O–H groups in total. The summed E-state index contributed by atoms with van der Waals surface area (Å²) >= 11 is 0. The zero-order valence-electron chi connectivity index (χ0n) is 13.6. The molecule has 1 heterocycles. The van der Waals surface area contributed by atoms with Crippen LogP contribution in [0.25, 0.3) is 22.4 Å². The quantitative estimate of drug-likeness (QED) is 0.647. The molecule has 2 nitrogen and oxygen atoms in total. The summed E-state index contributed by atoms with van der Waals surface area (Å²) in [5.41, 5.74) is 8.72. The summed E-state index contributed by atoms with van der Waals surface area (Å²) in [6.45, 7) is 6.45. The molecule has 2 heteroatoms. The fraction of sp³-hybridized carbons (Fsp3) is 0.200. The topological polar surface area (TPSA) is 16.8 Å². The minimum absolute atomic E-state index is 1.18. The third-order valence-corrected chi connectivity index (χ3v) is 4.12. The third kappa shape index (κ3) is 2.52. The molecule has 3 aromatic rings. The van der Waals surface area contributed by atoms with Crippen molar-refractivity contribution in [2.45, 2.75) is 20.8 Å². The zero-order chi connectivity index (χ0) is 15.7. The first kappa shape index (κ1) is 14.5. The second kappa shape index (κ2) is 5.72. The van der Waals surface area contributed by atoms with Gasteiger partial charge in [0.15, 0.2) is 6.20 Å². The van der Waals surface area contributed by atoms with Crippen LogP contribution in [0, 0.1) is 20.8 Å². The van der Waals surface area contributed by atoms with Gasteiger partial charge in [-0.25, -0.2) is 4.57 Å². The van der Waals surface area contributed by atoms with E-state index in [1.165, 1.54) is 39.1 Å². The highest BCUT2D eigenvalue weighted by molar-refractivity contribution is 5.81. The van der Waals surface area contributed by atoms with Gasteiger partial charge < -0.3 is 0 Å². The minimum Gasteiger partial charge on any atom is -0.232 e. The lowest BCUT2D eigenvalue weighted by Crippen LogP contribution is -2.32. The van der Waals surface area contributed by atoms with Gasteiger partial charge in [0.05, 0.1) is 12.6 Å². The van der Waals surface area contributed by atoms with Crippen LogP contribution < -0.4 is 4.57 Å². The average molecular weight is 289 g/mol. The van der Waals surface area contributed by atoms with Gasteiger partial charge in [0.2, 0.25) is 0 Å². The van der Waals surface area contributed by atoms with E-state index in [2.05, 4.69) is 79.8 Å². The van der Waals surface area contributed by atoms with Gasteiger partial charge in [-0.1, -0.05) is 53.0 Å². The molecule has 110 valence electrons. The molecule has 0 unspecified atom stereocenters. The average Bonchev–Trinajstić information content (AvgIpc) is 2.48. The summed E-state index contributed by atoms with van der Waals surface area (Å²) in [5, 5.41) is 0. The van der Waals surface area contributed by atoms with Crippen molar-refractivity contribution in [3.8, 4) is 22.4 Å². The summed E-state index contributed by atoms with van der Waals surface area (Å²) < 4.78 is 2.11. The fourth-order valence-electron chi connectivity index (χ4n) is 3.00. The first-order valence-corrected chi connectivity index (χ1v) is 7.55. The van der Waals surface area contributed by atoms with Crippen molar-refractivity contribution in [3.05, 3.63) is 71.7 Å². The smallest absolute Gasteiger partial charge is 0.232 e. The van der Waals surface area contributed by atoms with Gasteiger partial charge in [-0.2, -0.15) is 0 Å². The molecule has 22 heavy (non-hydrogen) atoms. The van der Waals surface area contributed by atoms with E-state index in [4.69, 9.17) is 0 Å². The Kier molecular flexibility index (Phi) is 3.76. The normalized spacial score (nSPS) is 10.7. The Morgan fingerprint density at radius 1 is 0.818 bits per heavy atom. The molecule has 0 aliphatic heterocycles. The van der Waals surface area contributed by atoms with Crippen molar-refractivity contribution < 1.29 is 4.57 Å². The van der Waals surface area contributed by atoms with Crippen molar-refractivity contribution >= 4 is 0 Å². The molecule has 0 aliphatic rings. The van der Waals surface area contributed by atoms with Crippen LogP contribution >= 0.6 is 0 Å². The van der Waals surface area contributed by atoms with E-state index in [1.807, 2.05) is 12.5 Å². The maximum absolute atomic E-state index is 4.40. The number of benzene rings is 2. The predicted molar refractivity (Wildman–Crippen MR) is 90.5 cm³/mol. The summed E-state index contributed by atoms with van der Waals surface area (Å²) in [5.74, 6) is 0. The van der Waals surface area contributed by atoms with Crippen LogP contribution in [0.2, 0.25) is 0 Å². The van der Waals surface area contributed by atoms with Crippen LogP contribution in [0.15, 0.2) is 55.0 Å². The summed E-state index contributed by atoms with van der Waals surface area (Å²) in [6.07, 6.45) is 3.84. The second-order valence-electron chi connectivity index (χ2n) is 5.90. The Hall–Kier alpha value is -2.48. The van der Waals surface area contributed by atoms with E-state index in [9.17, 15) is 0 Å². The van der Waals surface area contributed by atoms with Gasteiger partial charge in [0.25, 0.3) is 6.33 Å². The number of aromatic nitrogens is 2. The number of hydrogen-bond acceptors (Lipinski definition) is 1. The molecule has 0 radical (unpaired) electrons. The maximum Gasteiger partial charge on any atom is 0.286 e. The maximum atomic E-state index is 4.40. The van der Waals surface area contributed by atoms with Crippen LogP contribution in [-0.4, -0.2) is 4.98 Å². The van der Waals surface area contributed by atoms with Crippen LogP contribution in [0.1, 0.15) is 16.7 Å². The van der Waals surface area contributed by atoms with Crippen molar-refractivity contribution in [2.24, 2.45) is 7.05 Å². The fourth-order valence-corrected chi connectivity index (χ4v) is 3.00. The van der Waals surface area contributed by atoms with Crippen molar-refractivity contribution in [2.75, 3.05) is 0 Å². The molecule has 3 rings (SSSR count).